The SMILES string of the molecule is [Zn+][Br].[c-]1ccccc1CN1CCCCCC1. The van der Waals surface area contributed by atoms with Crippen LogP contribution in [0.2, 0.25) is 0 Å². The van der Waals surface area contributed by atoms with Gasteiger partial charge in [-0.25, -0.2) is 0 Å². The molecule has 1 heterocycles. The first-order chi connectivity index (χ1) is 7.95. The molecule has 1 saturated heterocycles. The summed E-state index contributed by atoms with van der Waals surface area (Å²) in [4.78, 5) is 2.55. The predicted molar refractivity (Wildman–Crippen MR) is 68.0 cm³/mol. The van der Waals surface area contributed by atoms with Gasteiger partial charge in [0.05, 0.1) is 0 Å². The fourth-order valence-electron chi connectivity index (χ4n) is 2.06. The molecule has 1 nitrogen and oxygen atoms in total. The number of rotatable bonds is 2. The van der Waals surface area contributed by atoms with Crippen molar-refractivity contribution < 1.29 is 16.3 Å². The van der Waals surface area contributed by atoms with Gasteiger partial charge < -0.3 is 4.90 Å². The minimum atomic E-state index is 1.08. The molecule has 0 spiro atoms. The second-order valence-electron chi connectivity index (χ2n) is 4.08. The third-order valence-corrected chi connectivity index (χ3v) is 2.87. The van der Waals surface area contributed by atoms with Gasteiger partial charge in [-0.15, -0.1) is 5.56 Å². The molecule has 1 aromatic carbocycles. The van der Waals surface area contributed by atoms with Crippen molar-refractivity contribution in [1.29, 1.82) is 0 Å². The maximum atomic E-state index is 3.29. The normalized spacial score (nSPS) is 17.2. The van der Waals surface area contributed by atoms with Gasteiger partial charge in [-0.3, -0.25) is 0 Å². The topological polar surface area (TPSA) is 3.24 Å². The van der Waals surface area contributed by atoms with Crippen molar-refractivity contribution in [2.24, 2.45) is 0 Å². The number of nitrogens with zero attached hydrogens (tertiary/aromatic N) is 1. The quantitative estimate of drug-likeness (QED) is 0.589. The monoisotopic (exact) mass is 331 g/mol. The van der Waals surface area contributed by atoms with Crippen LogP contribution in [0.3, 0.4) is 0 Å². The summed E-state index contributed by atoms with van der Waals surface area (Å²) in [6.45, 7) is 3.62. The van der Waals surface area contributed by atoms with Gasteiger partial charge in [-0.1, -0.05) is 12.8 Å². The molecular formula is C13H18BrNZn. The molecule has 3 heteroatoms. The molecule has 0 bridgehead atoms. The van der Waals surface area contributed by atoms with Crippen molar-refractivity contribution in [3.8, 4) is 0 Å². The molecule has 1 aromatic rings. The summed E-state index contributed by atoms with van der Waals surface area (Å²) >= 11 is 4.25. The first kappa shape index (κ1) is 14.3. The summed E-state index contributed by atoms with van der Waals surface area (Å²) < 4.78 is 0. The summed E-state index contributed by atoms with van der Waals surface area (Å²) in [6.07, 6.45) is 5.56. The molecule has 16 heavy (non-hydrogen) atoms. The number of likely N-dealkylation sites (tertiary alicyclic amines) is 1. The van der Waals surface area contributed by atoms with E-state index < -0.39 is 0 Å². The Kier molecular flexibility index (Phi) is 8.36. The zero-order chi connectivity index (χ0) is 11.6. The van der Waals surface area contributed by atoms with Crippen LogP contribution >= 0.6 is 13.6 Å². The Hall–Kier alpha value is 0.283. The zero-order valence-corrected chi connectivity index (χ0v) is 14.3. The van der Waals surface area contributed by atoms with E-state index in [0.29, 0.717) is 0 Å². The van der Waals surface area contributed by atoms with Crippen LogP contribution in [0.15, 0.2) is 24.3 Å². The minimum Gasteiger partial charge on any atom is -0.301 e. The average molecular weight is 334 g/mol. The molecule has 1 aliphatic heterocycles. The van der Waals surface area contributed by atoms with E-state index in [0.717, 1.165) is 6.54 Å². The van der Waals surface area contributed by atoms with Crippen LogP contribution in [0.5, 0.6) is 0 Å². The fourth-order valence-corrected chi connectivity index (χ4v) is 2.06. The molecule has 0 radical (unpaired) electrons. The fraction of sp³-hybridized carbons (Fsp3) is 0.538. The van der Waals surface area contributed by atoms with Crippen molar-refractivity contribution in [1.82, 2.24) is 4.90 Å². The van der Waals surface area contributed by atoms with E-state index in [4.69, 9.17) is 0 Å². The molecule has 0 atom stereocenters. The third-order valence-electron chi connectivity index (χ3n) is 2.87. The van der Waals surface area contributed by atoms with E-state index in [2.05, 4.69) is 36.7 Å². The van der Waals surface area contributed by atoms with Gasteiger partial charge in [0.1, 0.15) is 0 Å². The number of hydrogen-bond acceptors (Lipinski definition) is 1. The number of hydrogen-bond donors (Lipinski definition) is 0. The summed E-state index contributed by atoms with van der Waals surface area (Å²) in [7, 11) is 0. The summed E-state index contributed by atoms with van der Waals surface area (Å²) in [5.41, 5.74) is 1.33. The molecule has 0 aliphatic carbocycles. The molecule has 0 unspecified atom stereocenters. The number of benzene rings is 1. The van der Waals surface area contributed by atoms with Crippen LogP contribution in [0.25, 0.3) is 0 Å². The first-order valence-corrected chi connectivity index (χ1v) is 12.8. The van der Waals surface area contributed by atoms with Crippen LogP contribution in [0.1, 0.15) is 31.2 Å². The molecule has 0 N–H and O–H groups in total. The van der Waals surface area contributed by atoms with Gasteiger partial charge in [-0.2, -0.15) is 30.3 Å². The van der Waals surface area contributed by atoms with Crippen molar-refractivity contribution in [3.63, 3.8) is 0 Å². The van der Waals surface area contributed by atoms with E-state index in [1.54, 1.807) is 0 Å². The molecular weight excluding hydrogens is 315 g/mol. The Morgan fingerprint density at radius 2 is 1.81 bits per heavy atom. The average Bonchev–Trinajstić information content (AvgIpc) is 2.62. The van der Waals surface area contributed by atoms with Gasteiger partial charge in [0.25, 0.3) is 0 Å². The van der Waals surface area contributed by atoms with Gasteiger partial charge in [-0.05, 0) is 25.9 Å². The Balaban J connectivity index is 0.000000606. The smallest absolute Gasteiger partial charge is 0.000731 e. The van der Waals surface area contributed by atoms with Crippen molar-refractivity contribution in [2.75, 3.05) is 13.1 Å². The summed E-state index contributed by atoms with van der Waals surface area (Å²) in [6, 6.07) is 11.6. The van der Waals surface area contributed by atoms with Crippen LogP contribution in [-0.4, -0.2) is 18.0 Å². The van der Waals surface area contributed by atoms with Crippen molar-refractivity contribution in [3.05, 3.63) is 35.9 Å². The molecule has 0 amide bonds. The zero-order valence-electron chi connectivity index (χ0n) is 9.79. The van der Waals surface area contributed by atoms with Crippen molar-refractivity contribution >= 4 is 13.6 Å². The largest absolute Gasteiger partial charge is 0.301 e. The molecule has 0 saturated carbocycles. The Labute approximate surface area is 116 Å². The minimum absolute atomic E-state index is 1.08. The van der Waals surface area contributed by atoms with Crippen LogP contribution < -0.4 is 0 Å². The maximum Gasteiger partial charge on any atom is 0.000731 e. The van der Waals surface area contributed by atoms with Crippen LogP contribution in [0, 0.1) is 6.07 Å². The van der Waals surface area contributed by atoms with Gasteiger partial charge >= 0.3 is 30.0 Å². The molecule has 1 aliphatic rings. The Bertz CT molecular complexity index is 258. The standard InChI is InChI=1S/C13H18N.BrH.Zn/c1-2-7-11-14(10-6-1)12-13-8-4-3-5-9-13;;/h3-5,8H,1-2,6-7,10-12H2;1H;/q-1;;+2/p-1. The van der Waals surface area contributed by atoms with Crippen molar-refractivity contribution in [2.45, 2.75) is 32.2 Å². The van der Waals surface area contributed by atoms with Gasteiger partial charge in [0.2, 0.25) is 0 Å². The predicted octanol–water partition coefficient (Wildman–Crippen LogP) is 3.71. The maximum absolute atomic E-state index is 3.29. The first-order valence-electron chi connectivity index (χ1n) is 5.90. The molecule has 1 fully saturated rings. The summed E-state index contributed by atoms with van der Waals surface area (Å²) in [5, 5.41) is 0. The summed E-state index contributed by atoms with van der Waals surface area (Å²) in [5.74, 6) is 0. The van der Waals surface area contributed by atoms with E-state index >= 15 is 0 Å². The van der Waals surface area contributed by atoms with E-state index in [1.165, 1.54) is 60.7 Å². The molecule has 84 valence electrons. The van der Waals surface area contributed by atoms with E-state index in [-0.39, 0.29) is 0 Å². The number of halogens is 1. The van der Waals surface area contributed by atoms with Gasteiger partial charge in [0.15, 0.2) is 0 Å². The second-order valence-corrected chi connectivity index (χ2v) is 4.08. The second kappa shape index (κ2) is 9.33. The van der Waals surface area contributed by atoms with Crippen LogP contribution in [0.4, 0.5) is 0 Å². The third kappa shape index (κ3) is 5.56. The molecule has 0 aromatic heterocycles. The van der Waals surface area contributed by atoms with E-state index in [9.17, 15) is 0 Å². The van der Waals surface area contributed by atoms with Gasteiger partial charge in [0, 0.05) is 6.54 Å². The van der Waals surface area contributed by atoms with E-state index in [1.807, 2.05) is 12.1 Å². The Morgan fingerprint density at radius 1 is 1.12 bits per heavy atom. The Morgan fingerprint density at radius 3 is 2.38 bits per heavy atom. The van der Waals surface area contributed by atoms with Crippen LogP contribution in [-0.2, 0) is 22.9 Å². The molecule has 2 rings (SSSR count).